The summed E-state index contributed by atoms with van der Waals surface area (Å²) in [7, 11) is 4.77. The zero-order chi connectivity index (χ0) is 18.6. The van der Waals surface area contributed by atoms with Crippen LogP contribution in [0.15, 0.2) is 30.5 Å². The number of carbonyl (C=O) groups is 2. The number of pyridine rings is 1. The molecular weight excluding hydrogens is 324 g/mol. The Morgan fingerprint density at radius 2 is 1.80 bits per heavy atom. The van der Waals surface area contributed by atoms with Crippen molar-refractivity contribution >= 4 is 11.9 Å². The van der Waals surface area contributed by atoms with E-state index in [1.807, 2.05) is 19.1 Å². The van der Waals surface area contributed by atoms with E-state index < -0.39 is 5.97 Å². The van der Waals surface area contributed by atoms with E-state index in [1.54, 1.807) is 21.3 Å². The van der Waals surface area contributed by atoms with Gasteiger partial charge in [-0.25, -0.2) is 9.78 Å². The first-order valence-electron chi connectivity index (χ1n) is 7.53. The highest BCUT2D eigenvalue weighted by atomic mass is 16.5. The number of carboxylic acids is 1. The number of aromatic carboxylic acids is 1. The lowest BCUT2D eigenvalue weighted by Gasteiger charge is -2.20. The van der Waals surface area contributed by atoms with Gasteiger partial charge in [0.15, 0.2) is 11.5 Å². The molecule has 0 spiro atoms. The van der Waals surface area contributed by atoms with Gasteiger partial charge in [0, 0.05) is 25.4 Å². The number of nitrogens with zero attached hydrogens (tertiary/aromatic N) is 2. The normalized spacial score (nSPS) is 10.2. The number of benzene rings is 1. The molecule has 1 heterocycles. The van der Waals surface area contributed by atoms with Crippen molar-refractivity contribution < 1.29 is 24.2 Å². The molecule has 0 atom stereocenters. The highest BCUT2D eigenvalue weighted by Gasteiger charge is 2.17. The van der Waals surface area contributed by atoms with E-state index in [-0.39, 0.29) is 17.2 Å². The average Bonchev–Trinajstić information content (AvgIpc) is 2.62. The van der Waals surface area contributed by atoms with Gasteiger partial charge in [-0.1, -0.05) is 0 Å². The second-order valence-electron chi connectivity index (χ2n) is 5.53. The monoisotopic (exact) mass is 344 g/mol. The average molecular weight is 344 g/mol. The smallest absolute Gasteiger partial charge is 0.354 e. The SMILES string of the molecule is COc1cc(C)c(CN(C)C(=O)c2ccnc(C(=O)O)c2)cc1OC. The number of aromatic nitrogens is 1. The number of hydrogen-bond donors (Lipinski definition) is 1. The van der Waals surface area contributed by atoms with Crippen LogP contribution in [0.3, 0.4) is 0 Å². The molecule has 1 aromatic heterocycles. The Kier molecular flexibility index (Phi) is 5.59. The summed E-state index contributed by atoms with van der Waals surface area (Å²) in [5.41, 5.74) is 1.97. The lowest BCUT2D eigenvalue weighted by Crippen LogP contribution is -2.27. The largest absolute Gasteiger partial charge is 0.493 e. The minimum absolute atomic E-state index is 0.165. The summed E-state index contributed by atoms with van der Waals surface area (Å²) in [4.78, 5) is 28.8. The molecule has 0 saturated heterocycles. The molecule has 0 aliphatic heterocycles. The lowest BCUT2D eigenvalue weighted by molar-refractivity contribution is 0.0690. The van der Waals surface area contributed by atoms with Crippen LogP contribution in [0.1, 0.15) is 32.0 Å². The second kappa shape index (κ2) is 7.65. The third-order valence-corrected chi connectivity index (χ3v) is 3.82. The maximum atomic E-state index is 12.6. The van der Waals surface area contributed by atoms with Crippen LogP contribution in [0.2, 0.25) is 0 Å². The third-order valence-electron chi connectivity index (χ3n) is 3.82. The number of carboxylic acid groups (broad SMARTS) is 1. The molecule has 0 saturated carbocycles. The molecule has 2 aromatic rings. The van der Waals surface area contributed by atoms with Gasteiger partial charge >= 0.3 is 5.97 Å². The van der Waals surface area contributed by atoms with Crippen LogP contribution in [0, 0.1) is 6.92 Å². The van der Waals surface area contributed by atoms with Gasteiger partial charge in [-0.3, -0.25) is 4.79 Å². The predicted molar refractivity (Wildman–Crippen MR) is 91.3 cm³/mol. The van der Waals surface area contributed by atoms with E-state index in [1.165, 1.54) is 23.2 Å². The van der Waals surface area contributed by atoms with E-state index in [4.69, 9.17) is 14.6 Å². The Labute approximate surface area is 145 Å². The van der Waals surface area contributed by atoms with Crippen molar-refractivity contribution in [2.24, 2.45) is 0 Å². The minimum Gasteiger partial charge on any atom is -0.493 e. The first kappa shape index (κ1) is 18.3. The van der Waals surface area contributed by atoms with Gasteiger partial charge in [0.25, 0.3) is 5.91 Å². The lowest BCUT2D eigenvalue weighted by atomic mass is 10.1. The Hall–Kier alpha value is -3.09. The summed E-state index contributed by atoms with van der Waals surface area (Å²) in [6.45, 7) is 2.26. The Balaban J connectivity index is 2.24. The molecule has 0 aliphatic carbocycles. The van der Waals surface area contributed by atoms with Gasteiger partial charge < -0.3 is 19.5 Å². The predicted octanol–water partition coefficient (Wildman–Crippen LogP) is 2.38. The number of hydrogen-bond acceptors (Lipinski definition) is 5. The fourth-order valence-corrected chi connectivity index (χ4v) is 2.42. The number of methoxy groups -OCH3 is 2. The Morgan fingerprint density at radius 1 is 1.16 bits per heavy atom. The minimum atomic E-state index is -1.17. The van der Waals surface area contributed by atoms with Gasteiger partial charge in [0.1, 0.15) is 5.69 Å². The molecule has 1 amide bonds. The molecule has 1 aromatic carbocycles. The highest BCUT2D eigenvalue weighted by Crippen LogP contribution is 2.30. The van der Waals surface area contributed by atoms with E-state index >= 15 is 0 Å². The fourth-order valence-electron chi connectivity index (χ4n) is 2.42. The summed E-state index contributed by atoms with van der Waals surface area (Å²) in [5.74, 6) is -0.258. The van der Waals surface area contributed by atoms with Gasteiger partial charge in [-0.15, -0.1) is 0 Å². The summed E-state index contributed by atoms with van der Waals surface area (Å²) in [6, 6.07) is 6.43. The standard InChI is InChI=1S/C18H20N2O5/c1-11-7-15(24-3)16(25-4)9-13(11)10-20(2)17(21)12-5-6-19-14(8-12)18(22)23/h5-9H,10H2,1-4H3,(H,22,23). The first-order valence-corrected chi connectivity index (χ1v) is 7.53. The maximum absolute atomic E-state index is 12.6. The molecule has 7 nitrogen and oxygen atoms in total. The van der Waals surface area contributed by atoms with E-state index in [0.717, 1.165) is 11.1 Å². The summed E-state index contributed by atoms with van der Waals surface area (Å²) >= 11 is 0. The molecule has 132 valence electrons. The van der Waals surface area contributed by atoms with Crippen LogP contribution in [0.4, 0.5) is 0 Å². The number of ether oxygens (including phenoxy) is 2. The zero-order valence-corrected chi connectivity index (χ0v) is 14.6. The summed E-state index contributed by atoms with van der Waals surface area (Å²) < 4.78 is 10.6. The van der Waals surface area contributed by atoms with Crippen molar-refractivity contribution in [3.05, 3.63) is 52.8 Å². The van der Waals surface area contributed by atoms with Crippen LogP contribution in [-0.2, 0) is 6.54 Å². The molecule has 0 bridgehead atoms. The van der Waals surface area contributed by atoms with Gasteiger partial charge in [0.05, 0.1) is 14.2 Å². The van der Waals surface area contributed by atoms with E-state index in [0.29, 0.717) is 18.0 Å². The molecule has 0 radical (unpaired) electrons. The van der Waals surface area contributed by atoms with E-state index in [9.17, 15) is 9.59 Å². The topological polar surface area (TPSA) is 89.0 Å². The number of aryl methyl sites for hydroxylation is 1. The summed E-state index contributed by atoms with van der Waals surface area (Å²) in [6.07, 6.45) is 1.31. The maximum Gasteiger partial charge on any atom is 0.354 e. The number of amides is 1. The zero-order valence-electron chi connectivity index (χ0n) is 14.6. The fraction of sp³-hybridized carbons (Fsp3) is 0.278. The van der Waals surface area contributed by atoms with Crippen LogP contribution >= 0.6 is 0 Å². The molecule has 2 rings (SSSR count). The third kappa shape index (κ3) is 4.06. The van der Waals surface area contributed by atoms with Gasteiger partial charge in [-0.05, 0) is 42.3 Å². The molecule has 1 N–H and O–H groups in total. The van der Waals surface area contributed by atoms with Crippen molar-refractivity contribution in [2.45, 2.75) is 13.5 Å². The molecule has 7 heteroatoms. The van der Waals surface area contributed by atoms with Crippen LogP contribution < -0.4 is 9.47 Å². The van der Waals surface area contributed by atoms with Crippen molar-refractivity contribution in [3.63, 3.8) is 0 Å². The van der Waals surface area contributed by atoms with Crippen LogP contribution in [0.5, 0.6) is 11.5 Å². The molecule has 0 aliphatic rings. The second-order valence-corrected chi connectivity index (χ2v) is 5.53. The van der Waals surface area contributed by atoms with Gasteiger partial charge in [-0.2, -0.15) is 0 Å². The molecule has 25 heavy (non-hydrogen) atoms. The van der Waals surface area contributed by atoms with Crippen LogP contribution in [0.25, 0.3) is 0 Å². The molecule has 0 fully saturated rings. The quantitative estimate of drug-likeness (QED) is 0.865. The van der Waals surface area contributed by atoms with Crippen molar-refractivity contribution in [1.29, 1.82) is 0 Å². The number of carbonyl (C=O) groups excluding carboxylic acids is 1. The summed E-state index contributed by atoms with van der Waals surface area (Å²) in [5, 5.41) is 9.00. The van der Waals surface area contributed by atoms with E-state index in [2.05, 4.69) is 4.98 Å². The first-order chi connectivity index (χ1) is 11.9. The van der Waals surface area contributed by atoms with Crippen molar-refractivity contribution in [1.82, 2.24) is 9.88 Å². The Bertz CT molecular complexity index is 804. The highest BCUT2D eigenvalue weighted by molar-refractivity contribution is 5.96. The molecule has 0 unspecified atom stereocenters. The van der Waals surface area contributed by atoms with Crippen molar-refractivity contribution in [2.75, 3.05) is 21.3 Å². The molecular formula is C18H20N2O5. The van der Waals surface area contributed by atoms with Crippen LogP contribution in [-0.4, -0.2) is 48.1 Å². The van der Waals surface area contributed by atoms with Gasteiger partial charge in [0.2, 0.25) is 0 Å². The van der Waals surface area contributed by atoms with Crippen molar-refractivity contribution in [3.8, 4) is 11.5 Å². The number of rotatable bonds is 6. The Morgan fingerprint density at radius 3 is 2.40 bits per heavy atom.